The molecule has 10 heteroatoms. The lowest BCUT2D eigenvalue weighted by atomic mass is 9.66. The maximum atomic E-state index is 14.1. The van der Waals surface area contributed by atoms with Crippen molar-refractivity contribution in [3.8, 4) is 5.75 Å². The topological polar surface area (TPSA) is 108 Å². The number of aliphatic hydroxyl groups is 1. The number of para-hydroxylation sites is 1. The van der Waals surface area contributed by atoms with Crippen LogP contribution >= 0.6 is 23.4 Å². The van der Waals surface area contributed by atoms with Gasteiger partial charge < -0.3 is 25.4 Å². The van der Waals surface area contributed by atoms with Crippen LogP contribution in [0.2, 0.25) is 5.02 Å². The number of aryl methyl sites for hydroxylation is 1. The Morgan fingerprint density at radius 2 is 1.88 bits per heavy atom. The fourth-order valence-corrected chi connectivity index (χ4v) is 9.39. The molecular formula is C30H36ClN3O5S. The lowest BCUT2D eigenvalue weighted by Gasteiger charge is -2.35. The first kappa shape index (κ1) is 28.8. The molecule has 2 bridgehead atoms. The zero-order chi connectivity index (χ0) is 28.7. The Balaban J connectivity index is 1.46. The number of aliphatic hydroxyl groups excluding tert-OH is 1. The van der Waals surface area contributed by atoms with Crippen LogP contribution in [0.25, 0.3) is 0 Å². The minimum Gasteiger partial charge on any atom is -0.494 e. The zero-order valence-electron chi connectivity index (χ0n) is 23.0. The summed E-state index contributed by atoms with van der Waals surface area (Å²) in [7, 11) is 0. The second kappa shape index (κ2) is 11.3. The third-order valence-electron chi connectivity index (χ3n) is 8.52. The Labute approximate surface area is 244 Å². The van der Waals surface area contributed by atoms with Crippen molar-refractivity contribution in [1.29, 1.82) is 0 Å². The lowest BCUT2D eigenvalue weighted by molar-refractivity contribution is -0.139. The Bertz CT molecular complexity index is 1290. The number of amides is 3. The first-order valence-corrected chi connectivity index (χ1v) is 15.1. The molecule has 3 aliphatic heterocycles. The van der Waals surface area contributed by atoms with Gasteiger partial charge in [0, 0.05) is 23.6 Å². The number of benzene rings is 2. The molecule has 2 unspecified atom stereocenters. The van der Waals surface area contributed by atoms with Gasteiger partial charge in [0.1, 0.15) is 11.8 Å². The van der Waals surface area contributed by atoms with Gasteiger partial charge in [0.2, 0.25) is 17.7 Å². The molecule has 0 aliphatic carbocycles. The van der Waals surface area contributed by atoms with E-state index in [0.717, 1.165) is 12.0 Å². The van der Waals surface area contributed by atoms with E-state index in [2.05, 4.69) is 10.6 Å². The van der Waals surface area contributed by atoms with Crippen LogP contribution in [0.3, 0.4) is 0 Å². The number of ether oxygens (including phenoxy) is 1. The number of halogens is 1. The van der Waals surface area contributed by atoms with E-state index in [9.17, 15) is 19.5 Å². The third-order valence-corrected chi connectivity index (χ3v) is 10.8. The quantitative estimate of drug-likeness (QED) is 0.343. The molecule has 8 nitrogen and oxygen atoms in total. The minimum absolute atomic E-state index is 0.00617. The summed E-state index contributed by atoms with van der Waals surface area (Å²) in [5.41, 5.74) is 1.99. The highest BCUT2D eigenvalue weighted by atomic mass is 35.5. The van der Waals surface area contributed by atoms with Crippen molar-refractivity contribution in [2.24, 2.45) is 11.8 Å². The zero-order valence-corrected chi connectivity index (χ0v) is 24.6. The predicted molar refractivity (Wildman–Crippen MR) is 158 cm³/mol. The average molecular weight is 586 g/mol. The van der Waals surface area contributed by atoms with Crippen LogP contribution < -0.4 is 15.4 Å². The number of hydrogen-bond donors (Lipinski definition) is 3. The van der Waals surface area contributed by atoms with E-state index in [4.69, 9.17) is 16.3 Å². The number of carbonyl (C=O) groups excluding carboxylic acids is 3. The van der Waals surface area contributed by atoms with Crippen molar-refractivity contribution in [1.82, 2.24) is 4.90 Å². The highest BCUT2D eigenvalue weighted by Crippen LogP contribution is 2.71. The van der Waals surface area contributed by atoms with Crippen molar-refractivity contribution in [2.75, 3.05) is 30.4 Å². The van der Waals surface area contributed by atoms with E-state index in [1.165, 1.54) is 0 Å². The van der Waals surface area contributed by atoms with Gasteiger partial charge in [0.15, 0.2) is 0 Å². The first-order chi connectivity index (χ1) is 19.1. The largest absolute Gasteiger partial charge is 0.494 e. The van der Waals surface area contributed by atoms with Crippen molar-refractivity contribution in [3.63, 3.8) is 0 Å². The fourth-order valence-electron chi connectivity index (χ4n) is 6.76. The minimum atomic E-state index is -0.755. The van der Waals surface area contributed by atoms with Gasteiger partial charge in [0.25, 0.3) is 0 Å². The van der Waals surface area contributed by atoms with Crippen LogP contribution in [0.1, 0.15) is 45.1 Å². The third kappa shape index (κ3) is 4.86. The smallest absolute Gasteiger partial charge is 0.248 e. The second-order valence-electron chi connectivity index (χ2n) is 11.1. The summed E-state index contributed by atoms with van der Waals surface area (Å²) < 4.78 is 4.30. The lowest BCUT2D eigenvalue weighted by Crippen LogP contribution is -2.52. The molecule has 0 radical (unpaired) electrons. The van der Waals surface area contributed by atoms with E-state index in [0.29, 0.717) is 54.6 Å². The monoisotopic (exact) mass is 585 g/mol. The molecule has 214 valence electrons. The Kier molecular flexibility index (Phi) is 8.10. The number of likely N-dealkylation sites (tertiary alicyclic amines) is 1. The van der Waals surface area contributed by atoms with Crippen LogP contribution in [0.4, 0.5) is 11.4 Å². The summed E-state index contributed by atoms with van der Waals surface area (Å²) in [6, 6.07) is 11.9. The number of unbranched alkanes of at least 4 members (excludes halogenated alkanes) is 1. The van der Waals surface area contributed by atoms with E-state index in [1.54, 1.807) is 47.0 Å². The van der Waals surface area contributed by atoms with Gasteiger partial charge in [0.05, 0.1) is 33.9 Å². The summed E-state index contributed by atoms with van der Waals surface area (Å²) in [4.78, 5) is 43.7. The average Bonchev–Trinajstić information content (AvgIpc) is 3.48. The maximum Gasteiger partial charge on any atom is 0.248 e. The highest BCUT2D eigenvalue weighted by Gasteiger charge is 2.77. The number of carbonyl (C=O) groups is 3. The van der Waals surface area contributed by atoms with E-state index >= 15 is 0 Å². The molecule has 1 spiro atoms. The van der Waals surface area contributed by atoms with Crippen molar-refractivity contribution < 1.29 is 24.2 Å². The number of anilines is 2. The molecule has 3 amide bonds. The normalized spacial score (nSPS) is 28.5. The number of thioether (sulfide) groups is 1. The molecule has 3 aliphatic rings. The van der Waals surface area contributed by atoms with E-state index in [1.807, 2.05) is 32.9 Å². The fraction of sp³-hybridized carbons (Fsp3) is 0.500. The van der Waals surface area contributed by atoms with Gasteiger partial charge in [-0.25, -0.2) is 0 Å². The van der Waals surface area contributed by atoms with Crippen LogP contribution in [0.15, 0.2) is 42.5 Å². The molecule has 3 N–H and O–H groups in total. The second-order valence-corrected chi connectivity index (χ2v) is 13.4. The molecule has 2 aromatic rings. The van der Waals surface area contributed by atoms with Gasteiger partial charge in [-0.1, -0.05) is 23.7 Å². The van der Waals surface area contributed by atoms with Crippen LogP contribution in [0.5, 0.6) is 5.75 Å². The predicted octanol–water partition coefficient (Wildman–Crippen LogP) is 4.88. The molecule has 0 aromatic heterocycles. The van der Waals surface area contributed by atoms with Gasteiger partial charge >= 0.3 is 0 Å². The molecule has 3 fully saturated rings. The molecular weight excluding hydrogens is 550 g/mol. The standard InChI is InChI=1S/C30H36ClN3O5S/c1-4-39-20-12-10-19(11-13-20)32-26(36)22-23-28(38)34(16-5-6-17-35)25(30(23)15-14-29(22,3)40-30)27(37)33-24-18(2)8-7-9-21(24)31/h7-13,22-23,25,35H,4-6,14-17H2,1-3H3,(H,32,36)(H,33,37)/t22-,23+,25?,29+,30?/m1/s1. The van der Waals surface area contributed by atoms with E-state index < -0.39 is 27.4 Å². The number of hydrogen-bond acceptors (Lipinski definition) is 6. The van der Waals surface area contributed by atoms with Gasteiger partial charge in [-0.3, -0.25) is 14.4 Å². The van der Waals surface area contributed by atoms with Crippen molar-refractivity contribution >= 4 is 52.5 Å². The number of nitrogens with zero attached hydrogens (tertiary/aromatic N) is 1. The molecule has 40 heavy (non-hydrogen) atoms. The SMILES string of the molecule is CCOc1ccc(NC(=O)[C@H]2[C@H]3C(=O)N(CCCCO)C(C(=O)Nc4c(C)cccc4Cl)C34CC[C@]2(C)S4)cc1. The summed E-state index contributed by atoms with van der Waals surface area (Å²) in [6.07, 6.45) is 2.46. The molecule has 3 saturated heterocycles. The maximum absolute atomic E-state index is 14.1. The van der Waals surface area contributed by atoms with E-state index in [-0.39, 0.29) is 24.3 Å². The first-order valence-electron chi connectivity index (χ1n) is 13.9. The summed E-state index contributed by atoms with van der Waals surface area (Å²) in [5.74, 6) is -1.18. The summed E-state index contributed by atoms with van der Waals surface area (Å²) in [6.45, 7) is 6.72. The number of fused-ring (bicyclic) bond motifs is 1. The molecule has 3 heterocycles. The summed E-state index contributed by atoms with van der Waals surface area (Å²) >= 11 is 8.06. The summed E-state index contributed by atoms with van der Waals surface area (Å²) in [5, 5.41) is 15.9. The molecule has 2 aromatic carbocycles. The highest BCUT2D eigenvalue weighted by molar-refractivity contribution is 8.02. The van der Waals surface area contributed by atoms with Crippen molar-refractivity contribution in [2.45, 2.75) is 62.0 Å². The Morgan fingerprint density at radius 1 is 1.12 bits per heavy atom. The molecule has 5 rings (SSSR count). The van der Waals surface area contributed by atoms with Gasteiger partial charge in [-0.05, 0) is 82.3 Å². The van der Waals surface area contributed by atoms with Crippen molar-refractivity contribution in [3.05, 3.63) is 53.1 Å². The Hall–Kier alpha value is -2.75. The van der Waals surface area contributed by atoms with Crippen LogP contribution in [-0.2, 0) is 14.4 Å². The van der Waals surface area contributed by atoms with Crippen LogP contribution in [0, 0.1) is 18.8 Å². The Morgan fingerprint density at radius 3 is 2.55 bits per heavy atom. The molecule has 5 atom stereocenters. The van der Waals surface area contributed by atoms with Gasteiger partial charge in [-0.2, -0.15) is 0 Å². The number of nitrogens with one attached hydrogen (secondary N) is 2. The molecule has 0 saturated carbocycles. The van der Waals surface area contributed by atoms with Crippen LogP contribution in [-0.4, -0.2) is 63.0 Å². The van der Waals surface area contributed by atoms with Gasteiger partial charge in [-0.15, -0.1) is 11.8 Å². The number of rotatable bonds is 10.